The molecule has 0 bridgehead atoms. The lowest BCUT2D eigenvalue weighted by Crippen LogP contribution is -2.44. The molecule has 9 heteroatoms. The lowest BCUT2D eigenvalue weighted by atomic mass is 9.96. The molecule has 31 heavy (non-hydrogen) atoms. The van der Waals surface area contributed by atoms with Crippen molar-refractivity contribution in [2.45, 2.75) is 23.8 Å². The van der Waals surface area contributed by atoms with Crippen LogP contribution in [-0.4, -0.2) is 57.3 Å². The average molecular weight is 452 g/mol. The summed E-state index contributed by atoms with van der Waals surface area (Å²) in [6, 6.07) is 12.1. The van der Waals surface area contributed by atoms with Gasteiger partial charge in [0.1, 0.15) is 0 Å². The zero-order valence-electron chi connectivity index (χ0n) is 17.6. The Morgan fingerprint density at radius 2 is 1.74 bits per heavy atom. The second-order valence-electron chi connectivity index (χ2n) is 7.99. The van der Waals surface area contributed by atoms with E-state index in [0.29, 0.717) is 25.5 Å². The third-order valence-corrected chi connectivity index (χ3v) is 7.31. The fourth-order valence-corrected chi connectivity index (χ4v) is 5.20. The summed E-state index contributed by atoms with van der Waals surface area (Å²) in [7, 11) is -0.0756. The van der Waals surface area contributed by atoms with Gasteiger partial charge in [0.05, 0.1) is 10.9 Å². The molecule has 1 atom stereocenters. The van der Waals surface area contributed by atoms with Crippen LogP contribution in [0.2, 0.25) is 0 Å². The Morgan fingerprint density at radius 1 is 1.10 bits per heavy atom. The Bertz CT molecular complexity index is 1010. The Labute approximate surface area is 181 Å². The number of benzene rings is 2. The van der Waals surface area contributed by atoms with E-state index in [1.165, 1.54) is 4.31 Å². The summed E-state index contributed by atoms with van der Waals surface area (Å²) < 4.78 is 53.3. The number of hydrogen-bond donors (Lipinski definition) is 1. The van der Waals surface area contributed by atoms with Gasteiger partial charge in [0.25, 0.3) is 0 Å². The van der Waals surface area contributed by atoms with E-state index in [9.17, 15) is 22.0 Å². The predicted octanol–water partition coefficient (Wildman–Crippen LogP) is 2.78. The molecule has 2 aromatic carbocycles. The van der Waals surface area contributed by atoms with Crippen molar-refractivity contribution in [1.29, 1.82) is 0 Å². The van der Waals surface area contributed by atoms with Gasteiger partial charge < -0.3 is 10.2 Å². The first-order valence-electron chi connectivity index (χ1n) is 10.1. The summed E-state index contributed by atoms with van der Waals surface area (Å²) in [6.45, 7) is 0.922. The molecule has 168 valence electrons. The minimum atomic E-state index is -3.94. The Kier molecular flexibility index (Phi) is 7.40. The van der Waals surface area contributed by atoms with Gasteiger partial charge >= 0.3 is 0 Å². The molecule has 3 rings (SSSR count). The van der Waals surface area contributed by atoms with Gasteiger partial charge in [-0.25, -0.2) is 17.2 Å². The van der Waals surface area contributed by atoms with Gasteiger partial charge in [0.2, 0.25) is 15.9 Å². The summed E-state index contributed by atoms with van der Waals surface area (Å²) >= 11 is 0. The topological polar surface area (TPSA) is 69.7 Å². The highest BCUT2D eigenvalue weighted by Gasteiger charge is 2.33. The molecule has 1 fully saturated rings. The van der Waals surface area contributed by atoms with Crippen LogP contribution in [0.4, 0.5) is 8.78 Å². The van der Waals surface area contributed by atoms with Crippen molar-refractivity contribution in [2.75, 3.05) is 33.7 Å². The maximum atomic E-state index is 13.5. The number of sulfonamides is 1. The van der Waals surface area contributed by atoms with E-state index in [1.807, 2.05) is 49.3 Å². The number of halogens is 2. The van der Waals surface area contributed by atoms with Crippen LogP contribution in [0.1, 0.15) is 24.4 Å². The largest absolute Gasteiger partial charge is 0.348 e. The third-order valence-electron chi connectivity index (χ3n) is 5.42. The molecule has 1 heterocycles. The molecule has 1 aliphatic heterocycles. The molecule has 2 aromatic rings. The fourth-order valence-electron chi connectivity index (χ4n) is 3.72. The highest BCUT2D eigenvalue weighted by molar-refractivity contribution is 7.89. The molecule has 0 aliphatic carbocycles. The summed E-state index contributed by atoms with van der Waals surface area (Å²) in [4.78, 5) is 14.6. The first-order chi connectivity index (χ1) is 14.7. The molecule has 1 saturated heterocycles. The fraction of sp³-hybridized carbons (Fsp3) is 0.409. The van der Waals surface area contributed by atoms with E-state index in [1.54, 1.807) is 0 Å². The first-order valence-corrected chi connectivity index (χ1v) is 11.6. The van der Waals surface area contributed by atoms with Gasteiger partial charge in [-0.2, -0.15) is 4.31 Å². The van der Waals surface area contributed by atoms with E-state index >= 15 is 0 Å². The van der Waals surface area contributed by atoms with Gasteiger partial charge in [-0.15, -0.1) is 0 Å². The predicted molar refractivity (Wildman–Crippen MR) is 114 cm³/mol. The molecule has 0 spiro atoms. The number of piperidine rings is 1. The molecular weight excluding hydrogens is 424 g/mol. The van der Waals surface area contributed by atoms with Gasteiger partial charge in [0, 0.05) is 25.6 Å². The SMILES string of the molecule is CN(C)CC(NC(=O)C1CCN(S(=O)(=O)c2ccc(F)c(F)c2)CC1)c1ccccc1. The van der Waals surface area contributed by atoms with E-state index < -0.39 is 21.7 Å². The monoisotopic (exact) mass is 451 g/mol. The normalized spacial score (nSPS) is 16.9. The maximum absolute atomic E-state index is 13.5. The smallest absolute Gasteiger partial charge is 0.243 e. The molecule has 1 N–H and O–H groups in total. The van der Waals surface area contributed by atoms with Crippen LogP contribution in [0.3, 0.4) is 0 Å². The zero-order valence-corrected chi connectivity index (χ0v) is 18.4. The molecule has 0 radical (unpaired) electrons. The quantitative estimate of drug-likeness (QED) is 0.703. The first kappa shape index (κ1) is 23.3. The van der Waals surface area contributed by atoms with Gasteiger partial charge in [-0.1, -0.05) is 30.3 Å². The lowest BCUT2D eigenvalue weighted by molar-refractivity contribution is -0.127. The van der Waals surface area contributed by atoms with Crippen molar-refractivity contribution in [3.63, 3.8) is 0 Å². The highest BCUT2D eigenvalue weighted by atomic mass is 32.2. The highest BCUT2D eigenvalue weighted by Crippen LogP contribution is 2.26. The second kappa shape index (κ2) is 9.84. The minimum absolute atomic E-state index is 0.111. The number of hydrogen-bond acceptors (Lipinski definition) is 4. The Hall–Kier alpha value is -2.36. The van der Waals surface area contributed by atoms with Gasteiger partial charge in [-0.3, -0.25) is 4.79 Å². The molecular formula is C22H27F2N3O3S. The summed E-state index contributed by atoms with van der Waals surface area (Å²) in [6.07, 6.45) is 0.719. The molecule has 1 unspecified atom stereocenters. The summed E-state index contributed by atoms with van der Waals surface area (Å²) in [5.41, 5.74) is 1.00. The molecule has 6 nitrogen and oxygen atoms in total. The van der Waals surface area contributed by atoms with Crippen LogP contribution < -0.4 is 5.32 Å². The summed E-state index contributed by atoms with van der Waals surface area (Å²) in [5, 5.41) is 3.09. The van der Waals surface area contributed by atoms with Crippen molar-refractivity contribution >= 4 is 15.9 Å². The maximum Gasteiger partial charge on any atom is 0.243 e. The van der Waals surface area contributed by atoms with Crippen molar-refractivity contribution in [1.82, 2.24) is 14.5 Å². The van der Waals surface area contributed by atoms with Crippen LogP contribution in [0.25, 0.3) is 0 Å². The Morgan fingerprint density at radius 3 is 2.32 bits per heavy atom. The van der Waals surface area contributed by atoms with Crippen LogP contribution in [0, 0.1) is 17.6 Å². The van der Waals surface area contributed by atoms with Crippen LogP contribution in [-0.2, 0) is 14.8 Å². The van der Waals surface area contributed by atoms with E-state index in [0.717, 1.165) is 17.7 Å². The average Bonchev–Trinajstić information content (AvgIpc) is 2.75. The number of carbonyl (C=O) groups excluding carboxylic acids is 1. The zero-order chi connectivity index (χ0) is 22.6. The molecule has 1 aliphatic rings. The van der Waals surface area contributed by atoms with Crippen molar-refractivity contribution in [3.05, 3.63) is 65.7 Å². The van der Waals surface area contributed by atoms with Crippen LogP contribution in [0.5, 0.6) is 0 Å². The van der Waals surface area contributed by atoms with Crippen molar-refractivity contribution in [2.24, 2.45) is 5.92 Å². The third kappa shape index (κ3) is 5.66. The standard InChI is InChI=1S/C22H27F2N3O3S/c1-26(2)15-21(16-6-4-3-5-7-16)25-22(28)17-10-12-27(13-11-17)31(29,30)18-8-9-19(23)20(24)14-18/h3-9,14,17,21H,10-13,15H2,1-2H3,(H,25,28). The van der Waals surface area contributed by atoms with Crippen molar-refractivity contribution in [3.8, 4) is 0 Å². The number of amides is 1. The second-order valence-corrected chi connectivity index (χ2v) is 9.93. The Balaban J connectivity index is 1.64. The van der Waals surface area contributed by atoms with Gasteiger partial charge in [-0.05, 0) is 50.7 Å². The van der Waals surface area contributed by atoms with E-state index in [4.69, 9.17) is 0 Å². The molecule has 0 aromatic heterocycles. The lowest BCUT2D eigenvalue weighted by Gasteiger charge is -2.32. The summed E-state index contributed by atoms with van der Waals surface area (Å²) in [5.74, 6) is -2.73. The minimum Gasteiger partial charge on any atom is -0.348 e. The number of rotatable bonds is 7. The molecule has 0 saturated carbocycles. The number of carbonyl (C=O) groups is 1. The van der Waals surface area contributed by atoms with Gasteiger partial charge in [0.15, 0.2) is 11.6 Å². The number of nitrogens with one attached hydrogen (secondary N) is 1. The number of likely N-dealkylation sites (N-methyl/N-ethyl adjacent to an activating group) is 1. The van der Waals surface area contributed by atoms with Crippen molar-refractivity contribution < 1.29 is 22.0 Å². The van der Waals surface area contributed by atoms with Crippen LogP contribution in [0.15, 0.2) is 53.4 Å². The van der Waals surface area contributed by atoms with Crippen LogP contribution >= 0.6 is 0 Å². The van der Waals surface area contributed by atoms with E-state index in [-0.39, 0.29) is 35.9 Å². The van der Waals surface area contributed by atoms with E-state index in [2.05, 4.69) is 5.32 Å². The molecule has 1 amide bonds. The number of nitrogens with zero attached hydrogens (tertiary/aromatic N) is 2.